The van der Waals surface area contributed by atoms with Crippen LogP contribution in [0.25, 0.3) is 11.1 Å². The fourth-order valence-corrected chi connectivity index (χ4v) is 29.0. The topological polar surface area (TPSA) is 9.23 Å². The number of fused-ring (bicyclic) bond motifs is 3. The van der Waals surface area contributed by atoms with Crippen LogP contribution >= 0.6 is 24.8 Å². The van der Waals surface area contributed by atoms with Crippen molar-refractivity contribution in [1.29, 1.82) is 0 Å². The van der Waals surface area contributed by atoms with Gasteiger partial charge in [-0.15, -0.1) is 24.8 Å². The van der Waals surface area contributed by atoms with E-state index in [1.54, 1.807) is 3.28 Å². The molecule has 0 atom stereocenters. The summed E-state index contributed by atoms with van der Waals surface area (Å²) in [5.41, 5.74) is 5.62. The van der Waals surface area contributed by atoms with E-state index < -0.39 is 17.4 Å². The number of hydrogen-bond acceptors (Lipinski definition) is 1. The Morgan fingerprint density at radius 3 is 1.92 bits per heavy atom. The van der Waals surface area contributed by atoms with Gasteiger partial charge in [0.1, 0.15) is 0 Å². The van der Waals surface area contributed by atoms with E-state index in [2.05, 4.69) is 122 Å². The quantitative estimate of drug-likeness (QED) is 0.241. The molecule has 1 nitrogen and oxygen atoms in total. The van der Waals surface area contributed by atoms with Crippen molar-refractivity contribution in [1.82, 2.24) is 0 Å². The van der Waals surface area contributed by atoms with Gasteiger partial charge in [0.2, 0.25) is 0 Å². The fraction of sp³-hybridized carbons (Fsp3) is 0.0968. The largest absolute Gasteiger partial charge is 0.147 e. The Morgan fingerprint density at radius 1 is 0.722 bits per heavy atom. The molecule has 4 aromatic rings. The van der Waals surface area contributed by atoms with Crippen molar-refractivity contribution in [3.05, 3.63) is 130 Å². The molecule has 2 aliphatic rings. The van der Waals surface area contributed by atoms with E-state index in [9.17, 15) is 0 Å². The average Bonchev–Trinajstić information content (AvgIpc) is 3.58. The molecule has 4 aromatic carbocycles. The van der Waals surface area contributed by atoms with Crippen LogP contribution < -0.4 is 14.6 Å². The van der Waals surface area contributed by atoms with Gasteiger partial charge in [0.15, 0.2) is 0 Å². The summed E-state index contributed by atoms with van der Waals surface area (Å²) in [4.78, 5) is 0. The number of methoxy groups -OCH3 is 1. The van der Waals surface area contributed by atoms with Crippen LogP contribution in [-0.2, 0) is 23.8 Å². The monoisotopic (exact) mass is 606 g/mol. The summed E-state index contributed by atoms with van der Waals surface area (Å²) in [6.07, 6.45) is 8.96. The number of hydrogen-bond donors (Lipinski definition) is 0. The minimum absolute atomic E-state index is 0. The van der Waals surface area contributed by atoms with Gasteiger partial charge in [-0.05, 0) is 0 Å². The number of halogens is 2. The van der Waals surface area contributed by atoms with Gasteiger partial charge in [0, 0.05) is 0 Å². The Balaban J connectivity index is 0.00000152. The zero-order valence-electron chi connectivity index (χ0n) is 20.3. The van der Waals surface area contributed by atoms with E-state index in [4.69, 9.17) is 4.74 Å². The van der Waals surface area contributed by atoms with Gasteiger partial charge in [-0.3, -0.25) is 0 Å². The summed E-state index contributed by atoms with van der Waals surface area (Å²) in [6, 6.07) is 36.1. The first-order valence-corrected chi connectivity index (χ1v) is 22.8. The van der Waals surface area contributed by atoms with Crippen LogP contribution in [0.3, 0.4) is 0 Å². The second kappa shape index (κ2) is 10.3. The molecule has 0 saturated heterocycles. The maximum atomic E-state index is 6.25. The van der Waals surface area contributed by atoms with Crippen molar-refractivity contribution in [3.63, 3.8) is 0 Å². The Kier molecular flexibility index (Phi) is 7.70. The summed E-state index contributed by atoms with van der Waals surface area (Å²) in [5.74, 6) is 1.03. The Labute approximate surface area is 228 Å². The van der Waals surface area contributed by atoms with Crippen molar-refractivity contribution in [3.8, 4) is 16.9 Å². The van der Waals surface area contributed by atoms with Crippen LogP contribution in [0.1, 0.15) is 17.5 Å². The third-order valence-corrected chi connectivity index (χ3v) is 34.0. The van der Waals surface area contributed by atoms with Gasteiger partial charge in [-0.1, -0.05) is 0 Å². The van der Waals surface area contributed by atoms with Crippen molar-refractivity contribution < 1.29 is 22.1 Å². The molecular formula is C31H30Cl2OSiZr. The third kappa shape index (κ3) is 3.67. The van der Waals surface area contributed by atoms with E-state index in [-0.39, 0.29) is 24.8 Å². The summed E-state index contributed by atoms with van der Waals surface area (Å²) in [6.45, 7) is 2.32. The molecule has 0 bridgehead atoms. The third-order valence-electron chi connectivity index (χ3n) is 8.02. The van der Waals surface area contributed by atoms with Crippen molar-refractivity contribution in [2.45, 2.75) is 12.8 Å². The van der Waals surface area contributed by atoms with E-state index in [1.807, 2.05) is 7.11 Å². The Morgan fingerprint density at radius 2 is 1.33 bits per heavy atom. The van der Waals surface area contributed by atoms with E-state index in [1.165, 1.54) is 32.1 Å². The molecule has 0 amide bonds. The summed E-state index contributed by atoms with van der Waals surface area (Å²) < 4.78 is 12.3. The molecule has 36 heavy (non-hydrogen) atoms. The molecule has 6 rings (SSSR count). The average molecular weight is 609 g/mol. The molecule has 2 aliphatic carbocycles. The number of ether oxygens (including phenoxy) is 1. The predicted molar refractivity (Wildman–Crippen MR) is 158 cm³/mol. The van der Waals surface area contributed by atoms with E-state index in [0.29, 0.717) is 0 Å². The molecule has 0 aliphatic heterocycles. The van der Waals surface area contributed by atoms with Gasteiger partial charge in [0.05, 0.1) is 0 Å². The Bertz CT molecular complexity index is 1500. The van der Waals surface area contributed by atoms with Crippen molar-refractivity contribution >= 4 is 41.5 Å². The molecule has 0 N–H and O–H groups in total. The molecule has 0 saturated carbocycles. The second-order valence-corrected chi connectivity index (χ2v) is 30.7. The standard InChI is InChI=1S/C14H11O.2C6H5.C5H5.2ClH.H2Si.Zr/c1-15-12-6-7-14-11(9-12)8-10-4-2-3-5-13(10)14;2*1-2-4-6-5-3-1;1-2-4-5-3-1;;;;/h2-7H,8H2,1H3;2*1-5H;1-3H,4H2;2*1H;1H2;. The van der Waals surface area contributed by atoms with Crippen LogP contribution in [0.15, 0.2) is 119 Å². The van der Waals surface area contributed by atoms with Crippen LogP contribution in [0.4, 0.5) is 0 Å². The van der Waals surface area contributed by atoms with Crippen LogP contribution in [0.2, 0.25) is 0 Å². The number of allylic oxidation sites excluding steroid dienone is 4. The molecule has 0 aromatic heterocycles. The summed E-state index contributed by atoms with van der Waals surface area (Å²) in [7, 11) is 1.84. The molecule has 0 fully saturated rings. The maximum absolute atomic E-state index is 6.25. The van der Waals surface area contributed by atoms with Crippen LogP contribution in [0, 0.1) is 0 Å². The van der Waals surface area contributed by atoms with Gasteiger partial charge in [0.25, 0.3) is 0 Å². The molecule has 0 heterocycles. The molecular weight excluding hydrogens is 579 g/mol. The zero-order valence-corrected chi connectivity index (χ0v) is 25.8. The van der Waals surface area contributed by atoms with Crippen molar-refractivity contribution in [2.24, 2.45) is 0 Å². The van der Waals surface area contributed by atoms with Gasteiger partial charge >= 0.3 is 205 Å². The normalized spacial score (nSPS) is 13.7. The molecule has 5 heteroatoms. The van der Waals surface area contributed by atoms with Crippen LogP contribution in [0.5, 0.6) is 5.75 Å². The van der Waals surface area contributed by atoms with Crippen molar-refractivity contribution in [2.75, 3.05) is 7.11 Å². The molecule has 182 valence electrons. The first-order valence-electron chi connectivity index (χ1n) is 11.9. The van der Waals surface area contributed by atoms with E-state index in [0.717, 1.165) is 18.6 Å². The SMILES string of the molecule is COc1ccc2c([c]1[Zr](=[SiH2])([C]1=CC=CC1)([c]1ccccc1)[c]1ccccc1)Cc1ccccc1-2.Cl.Cl. The van der Waals surface area contributed by atoms with Gasteiger partial charge in [-0.2, -0.15) is 0 Å². The first kappa shape index (κ1) is 26.9. The fourth-order valence-electron chi connectivity index (χ4n) is 6.42. The molecule has 0 radical (unpaired) electrons. The first-order chi connectivity index (χ1) is 16.7. The number of rotatable bonds is 5. The summed E-state index contributed by atoms with van der Waals surface area (Å²) >= 11 is -4.38. The van der Waals surface area contributed by atoms with E-state index >= 15 is 0 Å². The zero-order chi connectivity index (χ0) is 23.2. The summed E-state index contributed by atoms with van der Waals surface area (Å²) in [5, 5.41) is 0. The predicted octanol–water partition coefficient (Wildman–Crippen LogP) is 5.47. The minimum Gasteiger partial charge on any atom is -0.147 e. The maximum Gasteiger partial charge on any atom is -0.147 e. The smallest absolute Gasteiger partial charge is 0.147 e. The van der Waals surface area contributed by atoms with Gasteiger partial charge in [-0.25, -0.2) is 0 Å². The molecule has 0 unspecified atom stereocenters. The second-order valence-electron chi connectivity index (χ2n) is 9.52. The van der Waals surface area contributed by atoms with Gasteiger partial charge < -0.3 is 0 Å². The molecule has 0 spiro atoms. The minimum atomic E-state index is -4.38. The Hall–Kier alpha value is -2.16. The van der Waals surface area contributed by atoms with Crippen LogP contribution in [-0.4, -0.2) is 14.0 Å². The number of benzene rings is 4.